The molecule has 3 rings (SSSR count). The van der Waals surface area contributed by atoms with E-state index in [9.17, 15) is 0 Å². The zero-order chi connectivity index (χ0) is 15.7. The van der Waals surface area contributed by atoms with Crippen LogP contribution < -0.4 is 5.32 Å². The summed E-state index contributed by atoms with van der Waals surface area (Å²) in [5, 5.41) is 13.5. The normalized spacial score (nSPS) is 18.5. The smallest absolute Gasteiger partial charge is 0.138 e. The Morgan fingerprint density at radius 3 is 2.91 bits per heavy atom. The van der Waals surface area contributed by atoms with Gasteiger partial charge in [-0.3, -0.25) is 0 Å². The molecule has 2 N–H and O–H groups in total. The lowest BCUT2D eigenvalue weighted by Crippen LogP contribution is -2.26. The van der Waals surface area contributed by atoms with Crippen molar-refractivity contribution in [2.75, 3.05) is 18.5 Å². The molecule has 0 aliphatic heterocycles. The minimum Gasteiger partial charge on any atom is -0.396 e. The van der Waals surface area contributed by atoms with Crippen molar-refractivity contribution in [3.63, 3.8) is 0 Å². The first kappa shape index (κ1) is 15.7. The highest BCUT2D eigenvalue weighted by molar-refractivity contribution is 7.19. The Morgan fingerprint density at radius 1 is 1.36 bits per heavy atom. The first-order valence-corrected chi connectivity index (χ1v) is 8.92. The van der Waals surface area contributed by atoms with Gasteiger partial charge >= 0.3 is 0 Å². The quantitative estimate of drug-likeness (QED) is 0.845. The Morgan fingerprint density at radius 2 is 2.18 bits per heavy atom. The number of fused-ring (bicyclic) bond motifs is 3. The fourth-order valence-electron chi connectivity index (χ4n) is 3.27. The Bertz CT molecular complexity index is 660. The van der Waals surface area contributed by atoms with E-state index in [1.807, 2.05) is 11.3 Å². The zero-order valence-corrected chi connectivity index (χ0v) is 14.5. The molecule has 1 unspecified atom stereocenters. The predicted molar refractivity (Wildman–Crippen MR) is 92.6 cm³/mol. The van der Waals surface area contributed by atoms with Crippen LogP contribution in [0.3, 0.4) is 0 Å². The summed E-state index contributed by atoms with van der Waals surface area (Å²) >= 11 is 1.83. The van der Waals surface area contributed by atoms with Crippen LogP contribution in [0.2, 0.25) is 0 Å². The number of aliphatic hydroxyl groups is 1. The summed E-state index contributed by atoms with van der Waals surface area (Å²) in [7, 11) is 0. The van der Waals surface area contributed by atoms with Crippen LogP contribution in [0.1, 0.15) is 44.1 Å². The summed E-state index contributed by atoms with van der Waals surface area (Å²) in [6.07, 6.45) is 5.92. The third-order valence-electron chi connectivity index (χ3n) is 4.70. The third kappa shape index (κ3) is 2.97. The first-order chi connectivity index (χ1) is 10.5. The fourth-order valence-corrected chi connectivity index (χ4v) is 4.54. The minimum absolute atomic E-state index is 0.205. The molecule has 0 aromatic carbocycles. The van der Waals surface area contributed by atoms with Gasteiger partial charge in [0.05, 0.1) is 5.39 Å². The maximum absolute atomic E-state index is 8.94. The molecule has 4 nitrogen and oxygen atoms in total. The van der Waals surface area contributed by atoms with Crippen LogP contribution in [0.25, 0.3) is 10.2 Å². The van der Waals surface area contributed by atoms with E-state index in [-0.39, 0.29) is 6.61 Å². The molecule has 0 spiro atoms. The van der Waals surface area contributed by atoms with Crippen LogP contribution >= 0.6 is 11.3 Å². The lowest BCUT2D eigenvalue weighted by Gasteiger charge is -2.33. The predicted octanol–water partition coefficient (Wildman–Crippen LogP) is 3.64. The van der Waals surface area contributed by atoms with Gasteiger partial charge in [-0.25, -0.2) is 9.97 Å². The highest BCUT2D eigenvalue weighted by Crippen LogP contribution is 2.44. The summed E-state index contributed by atoms with van der Waals surface area (Å²) in [5.41, 5.74) is 1.81. The number of nitrogens with zero attached hydrogens (tertiary/aromatic N) is 2. The molecule has 0 saturated heterocycles. The van der Waals surface area contributed by atoms with Crippen molar-refractivity contribution in [1.29, 1.82) is 0 Å². The van der Waals surface area contributed by atoms with Gasteiger partial charge in [0.2, 0.25) is 0 Å². The standard InChI is InChI=1S/C17H25N3OS/c1-17(2,3)11-5-6-12-13(9-11)22-16-14(12)15(19-10-20-16)18-7-4-8-21/h10-11,21H,4-9H2,1-3H3,(H,18,19,20). The van der Waals surface area contributed by atoms with Gasteiger partial charge < -0.3 is 10.4 Å². The monoisotopic (exact) mass is 319 g/mol. The molecule has 1 aliphatic carbocycles. The average molecular weight is 319 g/mol. The SMILES string of the molecule is CC(C)(C)C1CCc2c(sc3ncnc(NCCCO)c23)C1. The summed E-state index contributed by atoms with van der Waals surface area (Å²) in [6.45, 7) is 7.99. The number of aromatic nitrogens is 2. The van der Waals surface area contributed by atoms with Crippen LogP contribution in [-0.4, -0.2) is 28.2 Å². The molecule has 120 valence electrons. The van der Waals surface area contributed by atoms with E-state index in [1.165, 1.54) is 22.2 Å². The summed E-state index contributed by atoms with van der Waals surface area (Å²) in [4.78, 5) is 11.5. The van der Waals surface area contributed by atoms with Crippen LogP contribution in [0.15, 0.2) is 6.33 Å². The van der Waals surface area contributed by atoms with Crippen molar-refractivity contribution >= 4 is 27.4 Å². The van der Waals surface area contributed by atoms with E-state index < -0.39 is 0 Å². The maximum Gasteiger partial charge on any atom is 0.138 e. The Hall–Kier alpha value is -1.20. The number of thiophene rings is 1. The average Bonchev–Trinajstić information content (AvgIpc) is 2.85. The van der Waals surface area contributed by atoms with Crippen LogP contribution in [0.4, 0.5) is 5.82 Å². The van der Waals surface area contributed by atoms with Gasteiger partial charge in [0.1, 0.15) is 17.0 Å². The second kappa shape index (κ2) is 6.13. The van der Waals surface area contributed by atoms with Crippen LogP contribution in [0, 0.1) is 11.3 Å². The number of hydrogen-bond acceptors (Lipinski definition) is 5. The summed E-state index contributed by atoms with van der Waals surface area (Å²) in [6, 6.07) is 0. The molecule has 0 bridgehead atoms. The Labute approximate surface area is 136 Å². The number of anilines is 1. The van der Waals surface area contributed by atoms with Crippen LogP contribution in [0.5, 0.6) is 0 Å². The van der Waals surface area contributed by atoms with Crippen molar-refractivity contribution in [2.24, 2.45) is 11.3 Å². The first-order valence-electron chi connectivity index (χ1n) is 8.10. The molecule has 0 amide bonds. The van der Waals surface area contributed by atoms with Crippen molar-refractivity contribution < 1.29 is 5.11 Å². The molecule has 0 fully saturated rings. The number of rotatable bonds is 4. The summed E-state index contributed by atoms with van der Waals surface area (Å²) < 4.78 is 0. The molecule has 0 saturated carbocycles. The second-order valence-corrected chi connectivity index (χ2v) is 8.30. The largest absolute Gasteiger partial charge is 0.396 e. The van der Waals surface area contributed by atoms with Gasteiger partial charge in [-0.05, 0) is 42.6 Å². The van der Waals surface area contributed by atoms with Crippen molar-refractivity contribution in [2.45, 2.75) is 46.5 Å². The van der Waals surface area contributed by atoms with Gasteiger partial charge in [0, 0.05) is 18.0 Å². The molecule has 1 aliphatic rings. The number of hydrogen-bond donors (Lipinski definition) is 2. The lowest BCUT2D eigenvalue weighted by molar-refractivity contribution is 0.218. The number of nitrogens with one attached hydrogen (secondary N) is 1. The molecular weight excluding hydrogens is 294 g/mol. The van der Waals surface area contributed by atoms with Crippen LogP contribution in [-0.2, 0) is 12.8 Å². The number of aryl methyl sites for hydroxylation is 1. The second-order valence-electron chi connectivity index (χ2n) is 7.22. The van der Waals surface area contributed by atoms with Crippen molar-refractivity contribution in [3.05, 3.63) is 16.8 Å². The highest BCUT2D eigenvalue weighted by atomic mass is 32.1. The van der Waals surface area contributed by atoms with Crippen molar-refractivity contribution in [1.82, 2.24) is 9.97 Å². The Balaban J connectivity index is 1.94. The van der Waals surface area contributed by atoms with Gasteiger partial charge in [0.25, 0.3) is 0 Å². The van der Waals surface area contributed by atoms with Gasteiger partial charge in [-0.2, -0.15) is 0 Å². The molecule has 2 aromatic rings. The lowest BCUT2D eigenvalue weighted by atomic mass is 9.72. The molecule has 5 heteroatoms. The Kier molecular flexibility index (Phi) is 4.37. The minimum atomic E-state index is 0.205. The van der Waals surface area contributed by atoms with E-state index in [4.69, 9.17) is 5.11 Å². The van der Waals surface area contributed by atoms with Gasteiger partial charge in [0.15, 0.2) is 0 Å². The topological polar surface area (TPSA) is 58.0 Å². The molecular formula is C17H25N3OS. The maximum atomic E-state index is 8.94. The zero-order valence-electron chi connectivity index (χ0n) is 13.6. The van der Waals surface area contributed by atoms with E-state index in [0.717, 1.165) is 42.4 Å². The van der Waals surface area contributed by atoms with Gasteiger partial charge in [-0.1, -0.05) is 20.8 Å². The molecule has 2 heterocycles. The molecule has 2 aromatic heterocycles. The van der Waals surface area contributed by atoms with E-state index in [0.29, 0.717) is 5.41 Å². The third-order valence-corrected chi connectivity index (χ3v) is 5.86. The van der Waals surface area contributed by atoms with Crippen molar-refractivity contribution in [3.8, 4) is 0 Å². The molecule has 22 heavy (non-hydrogen) atoms. The fraction of sp³-hybridized carbons (Fsp3) is 0.647. The molecule has 1 atom stereocenters. The number of aliphatic hydroxyl groups excluding tert-OH is 1. The van der Waals surface area contributed by atoms with E-state index in [1.54, 1.807) is 6.33 Å². The van der Waals surface area contributed by atoms with Gasteiger partial charge in [-0.15, -0.1) is 11.3 Å². The van der Waals surface area contributed by atoms with E-state index in [2.05, 4.69) is 36.1 Å². The van der Waals surface area contributed by atoms with E-state index >= 15 is 0 Å². The summed E-state index contributed by atoms with van der Waals surface area (Å²) in [5.74, 6) is 1.68. The molecule has 0 radical (unpaired) electrons. The highest BCUT2D eigenvalue weighted by Gasteiger charge is 2.31.